The van der Waals surface area contributed by atoms with E-state index >= 15 is 0 Å². The smallest absolute Gasteiger partial charge is 0.274 e. The molecule has 0 bridgehead atoms. The van der Waals surface area contributed by atoms with Gasteiger partial charge in [0.1, 0.15) is 17.3 Å². The van der Waals surface area contributed by atoms with Crippen LogP contribution in [-0.2, 0) is 0 Å². The van der Waals surface area contributed by atoms with Gasteiger partial charge in [-0.1, -0.05) is 13.3 Å². The first kappa shape index (κ1) is 19.8. The first-order valence-electron chi connectivity index (χ1n) is 10.2. The number of carbonyl (C=O) groups is 1. The van der Waals surface area contributed by atoms with E-state index in [4.69, 9.17) is 9.72 Å². The normalized spacial score (nSPS) is 19.3. The lowest BCUT2D eigenvalue weighted by molar-refractivity contribution is 0.102. The van der Waals surface area contributed by atoms with Crippen LogP contribution in [0.3, 0.4) is 0 Å². The zero-order valence-corrected chi connectivity index (χ0v) is 17.9. The molecule has 29 heavy (non-hydrogen) atoms. The predicted octanol–water partition coefficient (Wildman–Crippen LogP) is 5.34. The summed E-state index contributed by atoms with van der Waals surface area (Å²) in [5, 5.41) is 4.12. The second-order valence-corrected chi connectivity index (χ2v) is 8.70. The van der Waals surface area contributed by atoms with Crippen LogP contribution in [-0.4, -0.2) is 28.0 Å². The number of anilines is 1. The molecule has 1 saturated carbocycles. The summed E-state index contributed by atoms with van der Waals surface area (Å²) in [6.45, 7) is 4.05. The highest BCUT2D eigenvalue weighted by molar-refractivity contribution is 7.18. The molecule has 4 rings (SSSR count). The Bertz CT molecular complexity index is 1020. The van der Waals surface area contributed by atoms with Crippen LogP contribution in [0.5, 0.6) is 5.75 Å². The van der Waals surface area contributed by atoms with Gasteiger partial charge >= 0.3 is 0 Å². The molecule has 1 amide bonds. The monoisotopic (exact) mass is 410 g/mol. The van der Waals surface area contributed by atoms with E-state index in [0.717, 1.165) is 16.1 Å². The molecule has 2 aromatic heterocycles. The molecule has 0 radical (unpaired) electrons. The van der Waals surface area contributed by atoms with Gasteiger partial charge in [-0.05, 0) is 50.7 Å². The predicted molar refractivity (Wildman–Crippen MR) is 116 cm³/mol. The third kappa shape index (κ3) is 4.24. The average molecular weight is 411 g/mol. The fraction of sp³-hybridized carbons (Fsp3) is 0.455. The van der Waals surface area contributed by atoms with Gasteiger partial charge in [0, 0.05) is 18.2 Å². The largest absolute Gasteiger partial charge is 0.494 e. The standard InChI is InChI=1S/C22H26N4O2S/c1-4-14-5-7-15(8-6-14)22-26-18-11-19(28-3)17(12-20(18)29-22)25-21(27)16-9-10-23-13(2)24-16/h9-12,14-15H,4-8H2,1-3H3,(H,25,27). The van der Waals surface area contributed by atoms with Crippen molar-refractivity contribution in [1.82, 2.24) is 15.0 Å². The molecule has 0 spiro atoms. The van der Waals surface area contributed by atoms with Crippen LogP contribution < -0.4 is 10.1 Å². The summed E-state index contributed by atoms with van der Waals surface area (Å²) in [5.41, 5.74) is 1.89. The number of fused-ring (bicyclic) bond motifs is 1. The highest BCUT2D eigenvalue weighted by atomic mass is 32.1. The van der Waals surface area contributed by atoms with Crippen LogP contribution in [0.25, 0.3) is 10.2 Å². The lowest BCUT2D eigenvalue weighted by Gasteiger charge is -2.26. The maximum absolute atomic E-state index is 12.6. The topological polar surface area (TPSA) is 77.0 Å². The number of nitrogens with zero attached hydrogens (tertiary/aromatic N) is 3. The van der Waals surface area contributed by atoms with Crippen LogP contribution in [0.15, 0.2) is 24.4 Å². The molecule has 0 atom stereocenters. The molecule has 1 aliphatic carbocycles. The van der Waals surface area contributed by atoms with Crippen LogP contribution in [0.1, 0.15) is 66.3 Å². The van der Waals surface area contributed by atoms with Gasteiger partial charge in [-0.2, -0.15) is 0 Å². The molecule has 1 fully saturated rings. The Labute approximate surface area is 174 Å². The van der Waals surface area contributed by atoms with E-state index in [0.29, 0.717) is 28.9 Å². The number of aromatic nitrogens is 3. The Kier molecular flexibility index (Phi) is 5.76. The number of benzene rings is 1. The molecular formula is C22H26N4O2S. The molecule has 0 aliphatic heterocycles. The second-order valence-electron chi connectivity index (χ2n) is 7.64. The number of carbonyl (C=O) groups excluding carboxylic acids is 1. The van der Waals surface area contributed by atoms with Crippen LogP contribution in [0, 0.1) is 12.8 Å². The van der Waals surface area contributed by atoms with Gasteiger partial charge in [0.25, 0.3) is 5.91 Å². The number of thiazole rings is 1. The van der Waals surface area contributed by atoms with Crippen molar-refractivity contribution in [3.63, 3.8) is 0 Å². The number of ether oxygens (including phenoxy) is 1. The van der Waals surface area contributed by atoms with E-state index < -0.39 is 0 Å². The molecule has 1 aliphatic rings. The summed E-state index contributed by atoms with van der Waals surface area (Å²) in [4.78, 5) is 25.7. The van der Waals surface area contributed by atoms with Gasteiger partial charge in [-0.15, -0.1) is 11.3 Å². The maximum Gasteiger partial charge on any atom is 0.274 e. The molecule has 3 aromatic rings. The molecule has 152 valence electrons. The van der Waals surface area contributed by atoms with Crippen LogP contribution in [0.2, 0.25) is 0 Å². The van der Waals surface area contributed by atoms with Crippen molar-refractivity contribution in [1.29, 1.82) is 0 Å². The minimum Gasteiger partial charge on any atom is -0.494 e. The van der Waals surface area contributed by atoms with Crippen molar-refractivity contribution in [2.24, 2.45) is 5.92 Å². The van der Waals surface area contributed by atoms with Gasteiger partial charge in [0.15, 0.2) is 0 Å². The first-order chi connectivity index (χ1) is 14.1. The van der Waals surface area contributed by atoms with Gasteiger partial charge in [0.2, 0.25) is 0 Å². The number of nitrogens with one attached hydrogen (secondary N) is 1. The third-order valence-corrected chi connectivity index (χ3v) is 6.94. The quantitative estimate of drug-likeness (QED) is 0.614. The Morgan fingerprint density at radius 3 is 2.72 bits per heavy atom. The molecule has 1 aromatic carbocycles. The Hall–Kier alpha value is -2.54. The maximum atomic E-state index is 12.6. The minimum absolute atomic E-state index is 0.282. The fourth-order valence-corrected chi connectivity index (χ4v) is 5.16. The summed E-state index contributed by atoms with van der Waals surface area (Å²) in [5.74, 6) is 2.29. The molecule has 6 nitrogen and oxygen atoms in total. The summed E-state index contributed by atoms with van der Waals surface area (Å²) in [6, 6.07) is 5.47. The van der Waals surface area contributed by atoms with E-state index in [2.05, 4.69) is 22.2 Å². The molecule has 0 saturated heterocycles. The van der Waals surface area contributed by atoms with Crippen molar-refractivity contribution in [3.05, 3.63) is 40.9 Å². The van der Waals surface area contributed by atoms with Crippen LogP contribution in [0.4, 0.5) is 5.69 Å². The van der Waals surface area contributed by atoms with Crippen molar-refractivity contribution in [2.75, 3.05) is 12.4 Å². The van der Waals surface area contributed by atoms with Gasteiger partial charge in [-0.25, -0.2) is 15.0 Å². The van der Waals surface area contributed by atoms with Crippen molar-refractivity contribution in [2.45, 2.75) is 51.9 Å². The zero-order chi connectivity index (χ0) is 20.4. The van der Waals surface area contributed by atoms with Gasteiger partial charge in [0.05, 0.1) is 28.0 Å². The number of aryl methyl sites for hydroxylation is 1. The number of hydrogen-bond donors (Lipinski definition) is 1. The second kappa shape index (κ2) is 8.45. The fourth-order valence-electron chi connectivity index (χ4n) is 4.00. The summed E-state index contributed by atoms with van der Waals surface area (Å²) in [7, 11) is 1.60. The molecule has 2 heterocycles. The number of methoxy groups -OCH3 is 1. The Balaban J connectivity index is 1.59. The highest BCUT2D eigenvalue weighted by Gasteiger charge is 2.24. The molecule has 0 unspecified atom stereocenters. The van der Waals surface area contributed by atoms with Crippen molar-refractivity contribution < 1.29 is 9.53 Å². The van der Waals surface area contributed by atoms with E-state index in [1.807, 2.05) is 12.1 Å². The van der Waals surface area contributed by atoms with E-state index in [9.17, 15) is 4.79 Å². The molecular weight excluding hydrogens is 384 g/mol. The van der Waals surface area contributed by atoms with Gasteiger partial charge in [-0.3, -0.25) is 4.79 Å². The van der Waals surface area contributed by atoms with Crippen molar-refractivity contribution in [3.8, 4) is 5.75 Å². The first-order valence-corrected chi connectivity index (χ1v) is 11.0. The lowest BCUT2D eigenvalue weighted by atomic mass is 9.81. The van der Waals surface area contributed by atoms with Gasteiger partial charge < -0.3 is 10.1 Å². The summed E-state index contributed by atoms with van der Waals surface area (Å²) < 4.78 is 6.58. The Morgan fingerprint density at radius 2 is 2.03 bits per heavy atom. The molecule has 1 N–H and O–H groups in total. The van der Waals surface area contributed by atoms with E-state index in [-0.39, 0.29) is 5.91 Å². The third-order valence-electron chi connectivity index (χ3n) is 5.76. The van der Waals surface area contributed by atoms with E-state index in [1.54, 1.807) is 37.6 Å². The number of hydrogen-bond acceptors (Lipinski definition) is 6. The zero-order valence-electron chi connectivity index (χ0n) is 17.1. The lowest BCUT2D eigenvalue weighted by Crippen LogP contribution is -2.15. The summed E-state index contributed by atoms with van der Waals surface area (Å²) in [6.07, 6.45) is 7.87. The highest BCUT2D eigenvalue weighted by Crippen LogP contribution is 2.41. The number of rotatable bonds is 5. The van der Waals surface area contributed by atoms with Crippen molar-refractivity contribution >= 4 is 33.1 Å². The van der Waals surface area contributed by atoms with E-state index in [1.165, 1.54) is 37.1 Å². The number of amides is 1. The Morgan fingerprint density at radius 1 is 1.24 bits per heavy atom. The summed E-state index contributed by atoms with van der Waals surface area (Å²) >= 11 is 1.73. The SMILES string of the molecule is CCC1CCC(c2nc3cc(OC)c(NC(=O)c4ccnc(C)n4)cc3s2)CC1. The minimum atomic E-state index is -0.282. The average Bonchev–Trinajstić information content (AvgIpc) is 3.16. The molecule has 7 heteroatoms. The van der Waals surface area contributed by atoms with Crippen LogP contribution >= 0.6 is 11.3 Å².